The zero-order valence-electron chi connectivity index (χ0n) is 7.96. The minimum atomic E-state index is 0.186. The van der Waals surface area contributed by atoms with Gasteiger partial charge in [-0.15, -0.1) is 5.10 Å². The monoisotopic (exact) mass is 199 g/mol. The third-order valence-corrected chi connectivity index (χ3v) is 1.96. The lowest BCUT2D eigenvalue weighted by Crippen LogP contribution is -2.00. The largest absolute Gasteiger partial charge is 0.399 e. The van der Waals surface area contributed by atoms with Crippen molar-refractivity contribution >= 4 is 5.69 Å². The van der Waals surface area contributed by atoms with Crippen molar-refractivity contribution in [3.8, 4) is 6.07 Å². The predicted octanol–water partition coefficient (Wildman–Crippen LogP) is 0.780. The van der Waals surface area contributed by atoms with Crippen LogP contribution in [0.5, 0.6) is 0 Å². The number of anilines is 1. The first-order valence-corrected chi connectivity index (χ1v) is 4.42. The maximum absolute atomic E-state index is 8.55. The van der Waals surface area contributed by atoms with E-state index in [0.717, 1.165) is 11.3 Å². The number of rotatable bonds is 2. The Kier molecular flexibility index (Phi) is 2.33. The Morgan fingerprint density at radius 2 is 2.07 bits per heavy atom. The molecule has 0 saturated carbocycles. The maximum Gasteiger partial charge on any atom is 0.252 e. The van der Waals surface area contributed by atoms with Crippen LogP contribution >= 0.6 is 0 Å². The third kappa shape index (κ3) is 2.11. The molecule has 0 aliphatic carbocycles. The van der Waals surface area contributed by atoms with Crippen LogP contribution in [-0.4, -0.2) is 14.8 Å². The van der Waals surface area contributed by atoms with Crippen LogP contribution in [-0.2, 0) is 6.54 Å². The molecule has 5 nitrogen and oxygen atoms in total. The van der Waals surface area contributed by atoms with E-state index >= 15 is 0 Å². The summed E-state index contributed by atoms with van der Waals surface area (Å²) in [5, 5.41) is 12.5. The Hall–Kier alpha value is -2.35. The van der Waals surface area contributed by atoms with Gasteiger partial charge in [0.25, 0.3) is 5.82 Å². The lowest BCUT2D eigenvalue weighted by Gasteiger charge is -2.00. The molecule has 0 spiro atoms. The number of hydrogen-bond donors (Lipinski definition) is 1. The molecule has 74 valence electrons. The van der Waals surface area contributed by atoms with Gasteiger partial charge in [-0.2, -0.15) is 5.26 Å². The first-order chi connectivity index (χ1) is 7.28. The van der Waals surface area contributed by atoms with Gasteiger partial charge in [0, 0.05) is 5.69 Å². The smallest absolute Gasteiger partial charge is 0.252 e. The van der Waals surface area contributed by atoms with E-state index in [-0.39, 0.29) is 5.82 Å². The molecule has 2 rings (SSSR count). The Balaban J connectivity index is 2.15. The molecule has 2 N–H and O–H groups in total. The van der Waals surface area contributed by atoms with Gasteiger partial charge in [-0.25, -0.2) is 9.67 Å². The van der Waals surface area contributed by atoms with Gasteiger partial charge in [0.05, 0.1) is 6.54 Å². The summed E-state index contributed by atoms with van der Waals surface area (Å²) in [7, 11) is 0. The van der Waals surface area contributed by atoms with Crippen molar-refractivity contribution in [3.63, 3.8) is 0 Å². The molecule has 0 radical (unpaired) electrons. The molecular formula is C10H9N5. The summed E-state index contributed by atoms with van der Waals surface area (Å²) in [5.41, 5.74) is 7.37. The van der Waals surface area contributed by atoms with E-state index in [1.807, 2.05) is 30.3 Å². The highest BCUT2D eigenvalue weighted by Gasteiger charge is 1.99. The summed E-state index contributed by atoms with van der Waals surface area (Å²) in [5.74, 6) is 0.186. The van der Waals surface area contributed by atoms with Crippen LogP contribution in [0.2, 0.25) is 0 Å². The molecule has 1 aromatic carbocycles. The molecular weight excluding hydrogens is 190 g/mol. The van der Waals surface area contributed by atoms with Crippen LogP contribution < -0.4 is 5.73 Å². The second-order valence-corrected chi connectivity index (χ2v) is 3.12. The normalized spacial score (nSPS) is 9.80. The van der Waals surface area contributed by atoms with E-state index in [2.05, 4.69) is 10.1 Å². The van der Waals surface area contributed by atoms with Crippen molar-refractivity contribution < 1.29 is 0 Å². The quantitative estimate of drug-likeness (QED) is 0.725. The van der Waals surface area contributed by atoms with Gasteiger partial charge in [-0.05, 0) is 17.7 Å². The van der Waals surface area contributed by atoms with Gasteiger partial charge in [-0.3, -0.25) is 0 Å². The average Bonchev–Trinajstić information content (AvgIpc) is 2.69. The van der Waals surface area contributed by atoms with Crippen LogP contribution in [0.3, 0.4) is 0 Å². The van der Waals surface area contributed by atoms with E-state index < -0.39 is 0 Å². The Labute approximate surface area is 86.8 Å². The molecule has 2 aromatic rings. The number of nitrogens with two attached hydrogens (primary N) is 1. The molecule has 0 atom stereocenters. The van der Waals surface area contributed by atoms with Crippen molar-refractivity contribution in [1.29, 1.82) is 5.26 Å². The molecule has 0 bridgehead atoms. The number of nitrogens with zero attached hydrogens (tertiary/aromatic N) is 4. The van der Waals surface area contributed by atoms with E-state index in [4.69, 9.17) is 11.0 Å². The molecule has 1 heterocycles. The summed E-state index contributed by atoms with van der Waals surface area (Å²) in [4.78, 5) is 3.81. The second-order valence-electron chi connectivity index (χ2n) is 3.12. The fourth-order valence-electron chi connectivity index (χ4n) is 1.23. The highest BCUT2D eigenvalue weighted by atomic mass is 15.3. The van der Waals surface area contributed by atoms with E-state index in [1.165, 1.54) is 6.33 Å². The molecule has 1 aromatic heterocycles. The van der Waals surface area contributed by atoms with Crippen LogP contribution in [0.25, 0.3) is 0 Å². The molecule has 0 amide bonds. The van der Waals surface area contributed by atoms with Gasteiger partial charge in [-0.1, -0.05) is 12.1 Å². The third-order valence-electron chi connectivity index (χ3n) is 1.96. The van der Waals surface area contributed by atoms with Gasteiger partial charge in [0.2, 0.25) is 0 Å². The zero-order chi connectivity index (χ0) is 10.7. The predicted molar refractivity (Wildman–Crippen MR) is 54.7 cm³/mol. The van der Waals surface area contributed by atoms with Gasteiger partial charge < -0.3 is 5.73 Å². The zero-order valence-corrected chi connectivity index (χ0v) is 7.96. The van der Waals surface area contributed by atoms with Gasteiger partial charge in [0.15, 0.2) is 0 Å². The molecule has 0 saturated heterocycles. The van der Waals surface area contributed by atoms with Gasteiger partial charge in [0.1, 0.15) is 12.4 Å². The standard InChI is InChI=1S/C10H9N5/c11-5-10-13-7-15(14-10)6-8-1-3-9(12)4-2-8/h1-4,7H,6,12H2. The van der Waals surface area contributed by atoms with Crippen LogP contribution in [0.4, 0.5) is 5.69 Å². The molecule has 15 heavy (non-hydrogen) atoms. The summed E-state index contributed by atoms with van der Waals surface area (Å²) in [6.07, 6.45) is 1.54. The Morgan fingerprint density at radius 1 is 1.33 bits per heavy atom. The van der Waals surface area contributed by atoms with Gasteiger partial charge >= 0.3 is 0 Å². The van der Waals surface area contributed by atoms with Crippen molar-refractivity contribution in [1.82, 2.24) is 14.8 Å². The highest BCUT2D eigenvalue weighted by molar-refractivity contribution is 5.39. The number of nitrogen functional groups attached to an aromatic ring is 1. The fraction of sp³-hybridized carbons (Fsp3) is 0.100. The summed E-state index contributed by atoms with van der Waals surface area (Å²) < 4.78 is 1.62. The summed E-state index contributed by atoms with van der Waals surface area (Å²) in [6, 6.07) is 9.38. The lowest BCUT2D eigenvalue weighted by molar-refractivity contribution is 0.682. The molecule has 0 aliphatic heterocycles. The van der Waals surface area contributed by atoms with Crippen molar-refractivity contribution in [2.75, 3.05) is 5.73 Å². The Bertz CT molecular complexity index is 491. The SMILES string of the molecule is N#Cc1ncn(Cc2ccc(N)cc2)n1. The number of aromatic nitrogens is 3. The van der Waals surface area contributed by atoms with Crippen LogP contribution in [0.1, 0.15) is 11.4 Å². The Morgan fingerprint density at radius 3 is 2.67 bits per heavy atom. The minimum absolute atomic E-state index is 0.186. The van der Waals surface area contributed by atoms with E-state index in [0.29, 0.717) is 6.54 Å². The minimum Gasteiger partial charge on any atom is -0.399 e. The number of hydrogen-bond acceptors (Lipinski definition) is 4. The first-order valence-electron chi connectivity index (χ1n) is 4.42. The molecule has 0 fully saturated rings. The summed E-state index contributed by atoms with van der Waals surface area (Å²) >= 11 is 0. The van der Waals surface area contributed by atoms with Crippen LogP contribution in [0.15, 0.2) is 30.6 Å². The number of benzene rings is 1. The average molecular weight is 199 g/mol. The summed E-state index contributed by atoms with van der Waals surface area (Å²) in [6.45, 7) is 0.592. The molecule has 0 aliphatic rings. The van der Waals surface area contributed by atoms with Crippen molar-refractivity contribution in [2.24, 2.45) is 0 Å². The maximum atomic E-state index is 8.55. The van der Waals surface area contributed by atoms with Crippen molar-refractivity contribution in [2.45, 2.75) is 6.54 Å². The highest BCUT2D eigenvalue weighted by Crippen LogP contribution is 2.06. The van der Waals surface area contributed by atoms with E-state index in [1.54, 1.807) is 4.68 Å². The topological polar surface area (TPSA) is 80.5 Å². The fourth-order valence-corrected chi connectivity index (χ4v) is 1.23. The molecule has 0 unspecified atom stereocenters. The number of nitriles is 1. The second kappa shape index (κ2) is 3.80. The van der Waals surface area contributed by atoms with Crippen LogP contribution in [0, 0.1) is 11.3 Å². The lowest BCUT2D eigenvalue weighted by atomic mass is 10.2. The van der Waals surface area contributed by atoms with Crippen molar-refractivity contribution in [3.05, 3.63) is 42.0 Å². The van der Waals surface area contributed by atoms with E-state index in [9.17, 15) is 0 Å². The first kappa shape index (κ1) is 9.21. The molecule has 5 heteroatoms.